The maximum atomic E-state index is 12.2. The predicted octanol–water partition coefficient (Wildman–Crippen LogP) is 2.67. The standard InChI is InChI=1S/C10H9BrF3NO4/c1-17-8-5(3-11)7(9(16)18-2)15-4-6(8)19-10(12,13)14/h4H,3H2,1-2H3. The van der Waals surface area contributed by atoms with E-state index < -0.39 is 18.1 Å². The number of aromatic nitrogens is 1. The van der Waals surface area contributed by atoms with Crippen LogP contribution in [0.2, 0.25) is 0 Å². The van der Waals surface area contributed by atoms with Crippen molar-refractivity contribution in [3.05, 3.63) is 17.5 Å². The number of rotatable bonds is 4. The van der Waals surface area contributed by atoms with Gasteiger partial charge in [0.2, 0.25) is 0 Å². The minimum Gasteiger partial charge on any atom is -0.492 e. The summed E-state index contributed by atoms with van der Waals surface area (Å²) in [6, 6.07) is 0. The Hall–Kier alpha value is -1.51. The summed E-state index contributed by atoms with van der Waals surface area (Å²) >= 11 is 3.05. The Kier molecular flexibility index (Phi) is 4.98. The molecular formula is C10H9BrF3NO4. The van der Waals surface area contributed by atoms with Crippen LogP contribution in [0.5, 0.6) is 11.5 Å². The third-order valence-corrected chi connectivity index (χ3v) is 2.60. The highest BCUT2D eigenvalue weighted by Gasteiger charge is 2.34. The summed E-state index contributed by atoms with van der Waals surface area (Å²) in [5.74, 6) is -1.65. The van der Waals surface area contributed by atoms with E-state index in [1.54, 1.807) is 0 Å². The molecule has 0 atom stereocenters. The van der Waals surface area contributed by atoms with Gasteiger partial charge in [0.15, 0.2) is 17.2 Å². The second-order valence-corrected chi connectivity index (χ2v) is 3.72. The van der Waals surface area contributed by atoms with Gasteiger partial charge < -0.3 is 14.2 Å². The molecule has 0 bridgehead atoms. The number of ether oxygens (including phenoxy) is 3. The number of hydrogen-bond acceptors (Lipinski definition) is 5. The summed E-state index contributed by atoms with van der Waals surface area (Å²) in [5, 5.41) is 0.0443. The predicted molar refractivity (Wildman–Crippen MR) is 61.4 cm³/mol. The van der Waals surface area contributed by atoms with E-state index in [2.05, 4.69) is 30.4 Å². The molecule has 0 aliphatic heterocycles. The van der Waals surface area contributed by atoms with Crippen molar-refractivity contribution in [1.29, 1.82) is 0 Å². The molecule has 9 heteroatoms. The highest BCUT2D eigenvalue weighted by atomic mass is 79.9. The molecule has 0 aliphatic rings. The minimum atomic E-state index is -4.88. The molecule has 1 aromatic rings. The Morgan fingerprint density at radius 2 is 2.05 bits per heavy atom. The first kappa shape index (κ1) is 15.5. The lowest BCUT2D eigenvalue weighted by Gasteiger charge is -2.16. The number of halogens is 4. The first-order valence-electron chi connectivity index (χ1n) is 4.80. The van der Waals surface area contributed by atoms with Gasteiger partial charge in [0, 0.05) is 10.9 Å². The van der Waals surface area contributed by atoms with Crippen LogP contribution in [-0.4, -0.2) is 31.5 Å². The van der Waals surface area contributed by atoms with Crippen LogP contribution in [0.15, 0.2) is 6.20 Å². The van der Waals surface area contributed by atoms with Crippen LogP contribution < -0.4 is 9.47 Å². The van der Waals surface area contributed by atoms with Crippen molar-refractivity contribution in [3.63, 3.8) is 0 Å². The zero-order valence-electron chi connectivity index (χ0n) is 9.88. The number of nitrogens with zero attached hydrogens (tertiary/aromatic N) is 1. The van der Waals surface area contributed by atoms with Gasteiger partial charge in [-0.05, 0) is 0 Å². The lowest BCUT2D eigenvalue weighted by molar-refractivity contribution is -0.275. The Balaban J connectivity index is 3.34. The van der Waals surface area contributed by atoms with Gasteiger partial charge in [-0.2, -0.15) is 0 Å². The van der Waals surface area contributed by atoms with Gasteiger partial charge in [0.05, 0.1) is 20.4 Å². The number of methoxy groups -OCH3 is 2. The number of esters is 1. The van der Waals surface area contributed by atoms with Gasteiger partial charge in [0.1, 0.15) is 0 Å². The van der Waals surface area contributed by atoms with Crippen molar-refractivity contribution < 1.29 is 32.2 Å². The Bertz CT molecular complexity index is 479. The van der Waals surface area contributed by atoms with E-state index in [0.717, 1.165) is 20.4 Å². The molecule has 5 nitrogen and oxygen atoms in total. The molecule has 0 saturated heterocycles. The topological polar surface area (TPSA) is 57.7 Å². The van der Waals surface area contributed by atoms with Gasteiger partial charge >= 0.3 is 12.3 Å². The van der Waals surface area contributed by atoms with Gasteiger partial charge in [-0.3, -0.25) is 0 Å². The highest BCUT2D eigenvalue weighted by molar-refractivity contribution is 9.08. The van der Waals surface area contributed by atoms with Crippen molar-refractivity contribution in [3.8, 4) is 11.5 Å². The molecule has 0 N–H and O–H groups in total. The zero-order chi connectivity index (χ0) is 14.6. The average Bonchev–Trinajstić information content (AvgIpc) is 2.35. The lowest BCUT2D eigenvalue weighted by atomic mass is 10.2. The monoisotopic (exact) mass is 343 g/mol. The molecule has 0 spiro atoms. The van der Waals surface area contributed by atoms with Gasteiger partial charge in [-0.25, -0.2) is 9.78 Å². The summed E-state index contributed by atoms with van der Waals surface area (Å²) in [7, 11) is 2.29. The minimum absolute atomic E-state index is 0.0443. The summed E-state index contributed by atoms with van der Waals surface area (Å²) in [6.45, 7) is 0. The normalized spacial score (nSPS) is 11.1. The van der Waals surface area contributed by atoms with Crippen LogP contribution in [0.4, 0.5) is 13.2 Å². The molecule has 0 radical (unpaired) electrons. The second kappa shape index (κ2) is 6.09. The van der Waals surface area contributed by atoms with E-state index in [4.69, 9.17) is 4.74 Å². The van der Waals surface area contributed by atoms with Crippen molar-refractivity contribution in [2.45, 2.75) is 11.7 Å². The number of carbonyl (C=O) groups is 1. The third-order valence-electron chi connectivity index (χ3n) is 2.04. The van der Waals surface area contributed by atoms with E-state index in [9.17, 15) is 18.0 Å². The van der Waals surface area contributed by atoms with Crippen LogP contribution in [0.1, 0.15) is 16.1 Å². The summed E-state index contributed by atoms with van der Waals surface area (Å²) in [5.41, 5.74) is -0.0400. The molecule has 19 heavy (non-hydrogen) atoms. The fourth-order valence-corrected chi connectivity index (χ4v) is 1.85. The van der Waals surface area contributed by atoms with Crippen LogP contribution in [-0.2, 0) is 10.1 Å². The lowest BCUT2D eigenvalue weighted by Crippen LogP contribution is -2.19. The highest BCUT2D eigenvalue weighted by Crippen LogP contribution is 2.36. The Morgan fingerprint density at radius 3 is 2.47 bits per heavy atom. The van der Waals surface area contributed by atoms with E-state index in [1.165, 1.54) is 0 Å². The molecule has 0 unspecified atom stereocenters. The molecule has 1 aromatic heterocycles. The molecule has 0 amide bonds. The number of pyridine rings is 1. The van der Waals surface area contributed by atoms with Crippen molar-refractivity contribution in [2.24, 2.45) is 0 Å². The summed E-state index contributed by atoms with van der Waals surface area (Å²) in [4.78, 5) is 15.0. The molecule has 0 aromatic carbocycles. The van der Waals surface area contributed by atoms with E-state index in [0.29, 0.717) is 0 Å². The summed E-state index contributed by atoms with van der Waals surface area (Å²) < 4.78 is 49.7. The molecule has 106 valence electrons. The van der Waals surface area contributed by atoms with Crippen molar-refractivity contribution in [1.82, 2.24) is 4.98 Å². The Morgan fingerprint density at radius 1 is 1.42 bits per heavy atom. The number of hydrogen-bond donors (Lipinski definition) is 0. The van der Waals surface area contributed by atoms with Crippen LogP contribution in [0.25, 0.3) is 0 Å². The van der Waals surface area contributed by atoms with Gasteiger partial charge in [-0.15, -0.1) is 13.2 Å². The molecule has 0 fully saturated rings. The van der Waals surface area contributed by atoms with Crippen LogP contribution in [0, 0.1) is 0 Å². The van der Waals surface area contributed by atoms with Crippen molar-refractivity contribution >= 4 is 21.9 Å². The number of alkyl halides is 4. The molecular weight excluding hydrogens is 335 g/mol. The maximum Gasteiger partial charge on any atom is 0.573 e. The SMILES string of the molecule is COC(=O)c1ncc(OC(F)(F)F)c(OC)c1CBr. The van der Waals surface area contributed by atoms with Crippen LogP contribution >= 0.6 is 15.9 Å². The molecule has 0 aliphatic carbocycles. The van der Waals surface area contributed by atoms with E-state index in [1.807, 2.05) is 0 Å². The van der Waals surface area contributed by atoms with Gasteiger partial charge in [-0.1, -0.05) is 15.9 Å². The largest absolute Gasteiger partial charge is 0.573 e. The smallest absolute Gasteiger partial charge is 0.492 e. The average molecular weight is 344 g/mol. The summed E-state index contributed by atoms with van der Waals surface area (Å²) in [6.07, 6.45) is -4.13. The zero-order valence-corrected chi connectivity index (χ0v) is 11.5. The van der Waals surface area contributed by atoms with E-state index in [-0.39, 0.29) is 22.3 Å². The molecule has 0 saturated carbocycles. The molecule has 1 rings (SSSR count). The van der Waals surface area contributed by atoms with Crippen molar-refractivity contribution in [2.75, 3.05) is 14.2 Å². The third kappa shape index (κ3) is 3.72. The quantitative estimate of drug-likeness (QED) is 0.621. The first-order valence-corrected chi connectivity index (χ1v) is 5.92. The maximum absolute atomic E-state index is 12.2. The fraction of sp³-hybridized carbons (Fsp3) is 0.400. The Labute approximate surface area is 114 Å². The number of carbonyl (C=O) groups excluding carboxylic acids is 1. The first-order chi connectivity index (χ1) is 8.84. The fourth-order valence-electron chi connectivity index (χ4n) is 1.33. The van der Waals surface area contributed by atoms with Gasteiger partial charge in [0.25, 0.3) is 0 Å². The second-order valence-electron chi connectivity index (χ2n) is 3.16. The molecule has 1 heterocycles. The van der Waals surface area contributed by atoms with E-state index >= 15 is 0 Å². The van der Waals surface area contributed by atoms with Crippen LogP contribution in [0.3, 0.4) is 0 Å².